The van der Waals surface area contributed by atoms with E-state index >= 15 is 0 Å². The summed E-state index contributed by atoms with van der Waals surface area (Å²) in [6.07, 6.45) is 1.76. The molecule has 0 aliphatic carbocycles. The molecule has 10 nitrogen and oxygen atoms in total. The van der Waals surface area contributed by atoms with Crippen molar-refractivity contribution in [2.75, 3.05) is 34.9 Å². The van der Waals surface area contributed by atoms with Gasteiger partial charge in [-0.25, -0.2) is 0 Å². The summed E-state index contributed by atoms with van der Waals surface area (Å²) < 4.78 is 42.4. The van der Waals surface area contributed by atoms with E-state index in [0.29, 0.717) is 24.3 Å². The zero-order chi connectivity index (χ0) is 24.0. The monoisotopic (exact) mass is 460 g/mol. The van der Waals surface area contributed by atoms with Crippen LogP contribution in [0.4, 0.5) is 0 Å². The minimum Gasteiger partial charge on any atom is -0.497 e. The zero-order valence-corrected chi connectivity index (χ0v) is 19.6. The van der Waals surface area contributed by atoms with Gasteiger partial charge in [0.05, 0.1) is 19.6 Å². The summed E-state index contributed by atoms with van der Waals surface area (Å²) in [5, 5.41) is 2.56. The SMILES string of the molecule is COc1cc(OC)cc(C2(CCCN(C)C)C(=O)NC(=O)CC2(C)C)c1.O=S(=O)(O)O. The van der Waals surface area contributed by atoms with Gasteiger partial charge in [0, 0.05) is 12.5 Å². The molecule has 1 aliphatic rings. The molecule has 0 aromatic heterocycles. The smallest absolute Gasteiger partial charge is 0.394 e. The zero-order valence-electron chi connectivity index (χ0n) is 18.8. The third kappa shape index (κ3) is 7.17. The topological polar surface area (TPSA) is 142 Å². The van der Waals surface area contributed by atoms with Crippen molar-refractivity contribution in [3.05, 3.63) is 23.8 Å². The standard InChI is InChI=1S/C20H30N2O4.H2O4S/c1-19(2)13-17(23)21-18(24)20(19,8-7-9-22(3)4)14-10-15(25-5)12-16(11-14)26-6;1-5(2,3)4/h10-12H,7-9,13H2,1-6H3,(H,21,23,24);(H2,1,2,3,4). The van der Waals surface area contributed by atoms with Crippen LogP contribution in [-0.4, -0.2) is 69.1 Å². The first-order valence-corrected chi connectivity index (χ1v) is 11.0. The van der Waals surface area contributed by atoms with Gasteiger partial charge in [-0.15, -0.1) is 0 Å². The van der Waals surface area contributed by atoms with Gasteiger partial charge < -0.3 is 14.4 Å². The Bertz CT molecular complexity index is 868. The second kappa shape index (κ2) is 10.4. The molecule has 1 saturated heterocycles. The van der Waals surface area contributed by atoms with Gasteiger partial charge in [-0.05, 0) is 56.6 Å². The molecule has 11 heteroatoms. The van der Waals surface area contributed by atoms with Gasteiger partial charge in [-0.1, -0.05) is 13.8 Å². The molecule has 176 valence electrons. The number of nitrogens with zero attached hydrogens (tertiary/aromatic N) is 1. The maximum atomic E-state index is 13.2. The van der Waals surface area contributed by atoms with E-state index in [-0.39, 0.29) is 11.8 Å². The summed E-state index contributed by atoms with van der Waals surface area (Å²) in [5.41, 5.74) is -0.545. The van der Waals surface area contributed by atoms with Crippen molar-refractivity contribution in [1.29, 1.82) is 0 Å². The number of piperidine rings is 1. The minimum atomic E-state index is -4.67. The number of ether oxygens (including phenoxy) is 2. The Morgan fingerprint density at radius 3 is 1.94 bits per heavy atom. The predicted molar refractivity (Wildman–Crippen MR) is 115 cm³/mol. The van der Waals surface area contributed by atoms with Crippen LogP contribution in [0.3, 0.4) is 0 Å². The molecule has 2 amide bonds. The van der Waals surface area contributed by atoms with Crippen LogP contribution in [-0.2, 0) is 25.4 Å². The molecule has 0 radical (unpaired) electrons. The Kier molecular flexibility index (Phi) is 9.00. The summed E-state index contributed by atoms with van der Waals surface area (Å²) in [6, 6.07) is 5.56. The highest BCUT2D eigenvalue weighted by Crippen LogP contribution is 2.51. The van der Waals surface area contributed by atoms with Gasteiger partial charge in [0.25, 0.3) is 0 Å². The maximum Gasteiger partial charge on any atom is 0.394 e. The summed E-state index contributed by atoms with van der Waals surface area (Å²) in [6.45, 7) is 4.84. The normalized spacial score (nSPS) is 20.5. The first-order chi connectivity index (χ1) is 14.2. The van der Waals surface area contributed by atoms with Gasteiger partial charge in [-0.3, -0.25) is 24.0 Å². The molecule has 1 aromatic carbocycles. The Labute approximate surface area is 183 Å². The fraction of sp³-hybridized carbons (Fsp3) is 0.600. The molecule has 31 heavy (non-hydrogen) atoms. The molecule has 0 spiro atoms. The predicted octanol–water partition coefficient (Wildman–Crippen LogP) is 1.70. The van der Waals surface area contributed by atoms with Crippen molar-refractivity contribution in [2.45, 2.75) is 38.5 Å². The van der Waals surface area contributed by atoms with Crippen LogP contribution in [0.5, 0.6) is 11.5 Å². The molecule has 0 saturated carbocycles. The Morgan fingerprint density at radius 2 is 1.55 bits per heavy atom. The molecule has 1 unspecified atom stereocenters. The van der Waals surface area contributed by atoms with Crippen LogP contribution >= 0.6 is 0 Å². The number of hydrogen-bond acceptors (Lipinski definition) is 7. The van der Waals surface area contributed by atoms with Crippen molar-refractivity contribution in [2.24, 2.45) is 5.41 Å². The lowest BCUT2D eigenvalue weighted by Crippen LogP contribution is -2.61. The van der Waals surface area contributed by atoms with Gasteiger partial charge in [0.2, 0.25) is 11.8 Å². The lowest BCUT2D eigenvalue weighted by molar-refractivity contribution is -0.145. The van der Waals surface area contributed by atoms with E-state index in [9.17, 15) is 9.59 Å². The molecule has 1 heterocycles. The Balaban J connectivity index is 0.000000861. The first-order valence-electron chi connectivity index (χ1n) is 9.58. The van der Waals surface area contributed by atoms with E-state index in [2.05, 4.69) is 10.2 Å². The van der Waals surface area contributed by atoms with Crippen LogP contribution in [0.25, 0.3) is 0 Å². The average Bonchev–Trinajstić information content (AvgIpc) is 2.61. The van der Waals surface area contributed by atoms with E-state index in [4.69, 9.17) is 27.0 Å². The Hall–Kier alpha value is -2.21. The van der Waals surface area contributed by atoms with E-state index < -0.39 is 21.2 Å². The Morgan fingerprint density at radius 1 is 1.06 bits per heavy atom. The largest absolute Gasteiger partial charge is 0.497 e. The number of nitrogens with one attached hydrogen (secondary N) is 1. The van der Waals surface area contributed by atoms with Crippen molar-refractivity contribution >= 4 is 22.2 Å². The van der Waals surface area contributed by atoms with Crippen LogP contribution in [0.1, 0.15) is 38.7 Å². The molecular weight excluding hydrogens is 428 g/mol. The molecule has 2 rings (SSSR count). The van der Waals surface area contributed by atoms with Gasteiger partial charge in [0.15, 0.2) is 0 Å². The maximum absolute atomic E-state index is 13.2. The van der Waals surface area contributed by atoms with Crippen molar-refractivity contribution < 1.29 is 36.6 Å². The van der Waals surface area contributed by atoms with Gasteiger partial charge >= 0.3 is 10.4 Å². The number of rotatable bonds is 7. The first kappa shape index (κ1) is 26.8. The molecule has 3 N–H and O–H groups in total. The van der Waals surface area contributed by atoms with Crippen molar-refractivity contribution in [1.82, 2.24) is 10.2 Å². The van der Waals surface area contributed by atoms with Crippen molar-refractivity contribution in [3.63, 3.8) is 0 Å². The second-order valence-electron chi connectivity index (χ2n) is 8.30. The lowest BCUT2D eigenvalue weighted by Gasteiger charge is -2.49. The van der Waals surface area contributed by atoms with E-state index in [1.165, 1.54) is 0 Å². The molecule has 1 aliphatic heterocycles. The van der Waals surface area contributed by atoms with Gasteiger partial charge in [0.1, 0.15) is 11.5 Å². The third-order valence-corrected chi connectivity index (χ3v) is 5.40. The fourth-order valence-corrected chi connectivity index (χ4v) is 3.97. The molecular formula is C20H32N2O8S. The van der Waals surface area contributed by atoms with Crippen molar-refractivity contribution in [3.8, 4) is 11.5 Å². The van der Waals surface area contributed by atoms with E-state index in [1.54, 1.807) is 20.3 Å². The quantitative estimate of drug-likeness (QED) is 0.409. The highest BCUT2D eigenvalue weighted by Gasteiger charge is 2.56. The summed E-state index contributed by atoms with van der Waals surface area (Å²) in [7, 11) is 2.54. The summed E-state index contributed by atoms with van der Waals surface area (Å²) >= 11 is 0. The minimum absolute atomic E-state index is 0.224. The van der Waals surface area contributed by atoms with Crippen LogP contribution in [0.15, 0.2) is 18.2 Å². The number of carbonyl (C=O) groups excluding carboxylic acids is 2. The highest BCUT2D eigenvalue weighted by molar-refractivity contribution is 7.79. The summed E-state index contributed by atoms with van der Waals surface area (Å²) in [5.74, 6) is 0.796. The average molecular weight is 461 g/mol. The van der Waals surface area contributed by atoms with Crippen LogP contribution in [0.2, 0.25) is 0 Å². The van der Waals surface area contributed by atoms with Crippen LogP contribution in [0, 0.1) is 5.41 Å². The number of amides is 2. The fourth-order valence-electron chi connectivity index (χ4n) is 3.97. The molecule has 0 bridgehead atoms. The van der Waals surface area contributed by atoms with E-state index in [1.807, 2.05) is 40.1 Å². The molecule has 1 aromatic rings. The van der Waals surface area contributed by atoms with E-state index in [0.717, 1.165) is 18.5 Å². The molecule has 1 atom stereocenters. The molecule has 1 fully saturated rings. The number of benzene rings is 1. The number of carbonyl (C=O) groups is 2. The highest BCUT2D eigenvalue weighted by atomic mass is 32.3. The van der Waals surface area contributed by atoms with Crippen LogP contribution < -0.4 is 14.8 Å². The number of methoxy groups -OCH3 is 2. The third-order valence-electron chi connectivity index (χ3n) is 5.40. The second-order valence-corrected chi connectivity index (χ2v) is 9.19. The van der Waals surface area contributed by atoms with Gasteiger partial charge in [-0.2, -0.15) is 8.42 Å². The number of hydrogen-bond donors (Lipinski definition) is 3. The lowest BCUT2D eigenvalue weighted by atomic mass is 9.56. The number of imide groups is 1. The summed E-state index contributed by atoms with van der Waals surface area (Å²) in [4.78, 5) is 27.3.